The average Bonchev–Trinajstić information content (AvgIpc) is 2.41. The van der Waals surface area contributed by atoms with Crippen molar-refractivity contribution in [2.75, 3.05) is 6.61 Å². The normalized spacial score (nSPS) is 33.4. The first-order chi connectivity index (χ1) is 9.99. The Morgan fingerprint density at radius 2 is 1.81 bits per heavy atom. The van der Waals surface area contributed by atoms with Crippen molar-refractivity contribution in [3.05, 3.63) is 28.8 Å². The first kappa shape index (κ1) is 14.9. The molecule has 4 atom stereocenters. The molecule has 4 unspecified atom stereocenters. The van der Waals surface area contributed by atoms with Crippen LogP contribution in [0.2, 0.25) is 0 Å². The lowest BCUT2D eigenvalue weighted by Crippen LogP contribution is -2.55. The molecular formula is C18H27NO2. The fourth-order valence-corrected chi connectivity index (χ4v) is 4.22. The van der Waals surface area contributed by atoms with Crippen molar-refractivity contribution in [1.29, 1.82) is 0 Å². The monoisotopic (exact) mass is 289 g/mol. The number of ether oxygens (including phenoxy) is 1. The van der Waals surface area contributed by atoms with Gasteiger partial charge in [0.25, 0.3) is 0 Å². The summed E-state index contributed by atoms with van der Waals surface area (Å²) in [5.74, 6) is 0.890. The molecule has 0 radical (unpaired) electrons. The third-order valence-corrected chi connectivity index (χ3v) is 5.17. The maximum absolute atomic E-state index is 10.9. The smallest absolute Gasteiger partial charge is 0.128 e. The van der Waals surface area contributed by atoms with Crippen LogP contribution < -0.4 is 4.74 Å². The summed E-state index contributed by atoms with van der Waals surface area (Å²) < 4.78 is 6.04. The van der Waals surface area contributed by atoms with Gasteiger partial charge in [-0.05, 0) is 52.2 Å². The van der Waals surface area contributed by atoms with Crippen molar-refractivity contribution in [1.82, 2.24) is 4.90 Å². The lowest BCUT2D eigenvalue weighted by atomic mass is 9.89. The van der Waals surface area contributed by atoms with Crippen molar-refractivity contribution in [2.45, 2.75) is 71.2 Å². The minimum atomic E-state index is -0.449. The first-order valence-corrected chi connectivity index (χ1v) is 8.18. The molecule has 0 amide bonds. The van der Waals surface area contributed by atoms with E-state index in [0.29, 0.717) is 18.7 Å². The Bertz CT molecular complexity index is 518. The highest BCUT2D eigenvalue weighted by molar-refractivity contribution is 5.46. The van der Waals surface area contributed by atoms with Crippen LogP contribution in [-0.2, 0) is 0 Å². The molecule has 0 spiro atoms. The van der Waals surface area contributed by atoms with E-state index in [1.165, 1.54) is 24.8 Å². The molecular weight excluding hydrogens is 262 g/mol. The minimum absolute atomic E-state index is 0.0731. The number of aliphatic hydroxyl groups excluding tert-OH is 1. The highest BCUT2D eigenvalue weighted by Crippen LogP contribution is 2.40. The average molecular weight is 289 g/mol. The second kappa shape index (κ2) is 5.62. The third kappa shape index (κ3) is 2.58. The van der Waals surface area contributed by atoms with Gasteiger partial charge in [0.05, 0.1) is 6.04 Å². The maximum atomic E-state index is 10.9. The van der Waals surface area contributed by atoms with Crippen molar-refractivity contribution in [2.24, 2.45) is 0 Å². The summed E-state index contributed by atoms with van der Waals surface area (Å²) in [6, 6.07) is 5.31. The fraction of sp³-hybridized carbons (Fsp3) is 0.667. The molecule has 1 aromatic carbocycles. The molecule has 2 aliphatic rings. The van der Waals surface area contributed by atoms with Crippen molar-refractivity contribution < 1.29 is 9.84 Å². The summed E-state index contributed by atoms with van der Waals surface area (Å²) in [4.78, 5) is 2.48. The molecule has 116 valence electrons. The molecule has 1 aromatic rings. The highest BCUT2D eigenvalue weighted by atomic mass is 16.5. The Balaban J connectivity index is 1.93. The van der Waals surface area contributed by atoms with E-state index in [-0.39, 0.29) is 6.04 Å². The van der Waals surface area contributed by atoms with Crippen LogP contribution in [0, 0.1) is 13.8 Å². The molecule has 1 fully saturated rings. The zero-order valence-corrected chi connectivity index (χ0v) is 13.6. The molecule has 0 saturated carbocycles. The largest absolute Gasteiger partial charge is 0.491 e. The molecule has 0 bridgehead atoms. The van der Waals surface area contributed by atoms with Gasteiger partial charge in [-0.15, -0.1) is 0 Å². The van der Waals surface area contributed by atoms with Crippen molar-refractivity contribution >= 4 is 0 Å². The van der Waals surface area contributed by atoms with Crippen LogP contribution in [0.3, 0.4) is 0 Å². The summed E-state index contributed by atoms with van der Waals surface area (Å²) in [6.07, 6.45) is 3.27. The van der Waals surface area contributed by atoms with E-state index in [1.807, 2.05) is 0 Å². The summed E-state index contributed by atoms with van der Waals surface area (Å²) in [7, 11) is 0. The van der Waals surface area contributed by atoms with Crippen LogP contribution in [-0.4, -0.2) is 34.7 Å². The Morgan fingerprint density at radius 3 is 2.48 bits per heavy atom. The van der Waals surface area contributed by atoms with Crippen LogP contribution in [0.15, 0.2) is 12.1 Å². The summed E-state index contributed by atoms with van der Waals surface area (Å²) >= 11 is 0. The van der Waals surface area contributed by atoms with Gasteiger partial charge in [0.1, 0.15) is 18.5 Å². The van der Waals surface area contributed by atoms with Crippen LogP contribution in [0.1, 0.15) is 55.9 Å². The van der Waals surface area contributed by atoms with Gasteiger partial charge >= 0.3 is 0 Å². The van der Waals surface area contributed by atoms with Crippen LogP contribution in [0.5, 0.6) is 5.75 Å². The number of likely N-dealkylation sites (tertiary alicyclic amines) is 1. The SMILES string of the molecule is Cc1cc(C)c2c(c1)C(O)C(N1C(C)CCCC1C)CO2. The Hall–Kier alpha value is -1.06. The van der Waals surface area contributed by atoms with Crippen LogP contribution >= 0.6 is 0 Å². The van der Waals surface area contributed by atoms with Gasteiger partial charge in [0.15, 0.2) is 0 Å². The van der Waals surface area contributed by atoms with E-state index >= 15 is 0 Å². The molecule has 3 rings (SSSR count). The first-order valence-electron chi connectivity index (χ1n) is 8.18. The molecule has 21 heavy (non-hydrogen) atoms. The van der Waals surface area contributed by atoms with Crippen LogP contribution in [0.25, 0.3) is 0 Å². The predicted molar refractivity (Wildman–Crippen MR) is 84.8 cm³/mol. The number of hydrogen-bond acceptors (Lipinski definition) is 3. The Kier molecular flexibility index (Phi) is 3.98. The summed E-state index contributed by atoms with van der Waals surface area (Å²) in [5.41, 5.74) is 3.28. The summed E-state index contributed by atoms with van der Waals surface area (Å²) in [6.45, 7) is 9.28. The summed E-state index contributed by atoms with van der Waals surface area (Å²) in [5, 5.41) is 10.9. The van der Waals surface area contributed by atoms with E-state index < -0.39 is 6.10 Å². The topological polar surface area (TPSA) is 32.7 Å². The Labute approximate surface area is 127 Å². The van der Waals surface area contributed by atoms with Gasteiger partial charge < -0.3 is 9.84 Å². The lowest BCUT2D eigenvalue weighted by Gasteiger charge is -2.47. The molecule has 2 heterocycles. The second-order valence-electron chi connectivity index (χ2n) is 6.90. The molecule has 1 N–H and O–H groups in total. The van der Waals surface area contributed by atoms with E-state index in [1.54, 1.807) is 0 Å². The van der Waals surface area contributed by atoms with Crippen LogP contribution in [0.4, 0.5) is 0 Å². The number of nitrogens with zero attached hydrogens (tertiary/aromatic N) is 1. The number of hydrogen-bond donors (Lipinski definition) is 1. The van der Waals surface area contributed by atoms with Crippen molar-refractivity contribution in [3.63, 3.8) is 0 Å². The van der Waals surface area contributed by atoms with Gasteiger partial charge in [-0.3, -0.25) is 4.90 Å². The third-order valence-electron chi connectivity index (χ3n) is 5.17. The zero-order valence-electron chi connectivity index (χ0n) is 13.6. The maximum Gasteiger partial charge on any atom is 0.128 e. The quantitative estimate of drug-likeness (QED) is 0.860. The van der Waals surface area contributed by atoms with E-state index in [9.17, 15) is 5.11 Å². The lowest BCUT2D eigenvalue weighted by molar-refractivity contribution is -0.0472. The van der Waals surface area contributed by atoms with E-state index in [4.69, 9.17) is 4.74 Å². The van der Waals surface area contributed by atoms with E-state index in [0.717, 1.165) is 16.9 Å². The van der Waals surface area contributed by atoms with Gasteiger partial charge in [-0.2, -0.15) is 0 Å². The van der Waals surface area contributed by atoms with Crippen molar-refractivity contribution in [3.8, 4) is 5.75 Å². The molecule has 3 nitrogen and oxygen atoms in total. The molecule has 0 aromatic heterocycles. The minimum Gasteiger partial charge on any atom is -0.491 e. The fourth-order valence-electron chi connectivity index (χ4n) is 4.22. The number of aryl methyl sites for hydroxylation is 2. The number of aliphatic hydroxyl groups is 1. The number of fused-ring (bicyclic) bond motifs is 1. The molecule has 2 aliphatic heterocycles. The van der Waals surface area contributed by atoms with Gasteiger partial charge in [-0.25, -0.2) is 0 Å². The van der Waals surface area contributed by atoms with E-state index in [2.05, 4.69) is 44.7 Å². The number of rotatable bonds is 1. The standard InChI is InChI=1S/C18H27NO2/c1-11-8-12(2)18-15(9-11)17(20)16(10-21-18)19-13(3)6-5-7-14(19)4/h8-9,13-14,16-17,20H,5-7,10H2,1-4H3. The molecule has 1 saturated heterocycles. The number of benzene rings is 1. The van der Waals surface area contributed by atoms with Gasteiger partial charge in [-0.1, -0.05) is 18.1 Å². The zero-order chi connectivity index (χ0) is 15.1. The number of piperidine rings is 1. The van der Waals surface area contributed by atoms with Gasteiger partial charge in [0.2, 0.25) is 0 Å². The Morgan fingerprint density at radius 1 is 1.14 bits per heavy atom. The van der Waals surface area contributed by atoms with Gasteiger partial charge in [0, 0.05) is 17.6 Å². The molecule has 3 heteroatoms. The molecule has 0 aliphatic carbocycles. The predicted octanol–water partition coefficient (Wildman–Crippen LogP) is 3.36. The second-order valence-corrected chi connectivity index (χ2v) is 6.90. The highest BCUT2D eigenvalue weighted by Gasteiger charge is 2.39.